The van der Waals surface area contributed by atoms with Gasteiger partial charge in [0.15, 0.2) is 0 Å². The molecule has 0 spiro atoms. The molecule has 1 amide bonds. The lowest BCUT2D eigenvalue weighted by Crippen LogP contribution is -2.46. The number of alkyl halides is 3. The minimum absolute atomic E-state index is 0.00142. The Morgan fingerprint density at radius 2 is 1.86 bits per heavy atom. The van der Waals surface area contributed by atoms with Gasteiger partial charge in [0.1, 0.15) is 17.3 Å². The summed E-state index contributed by atoms with van der Waals surface area (Å²) in [6.07, 6.45) is -2.49. The molecule has 1 unspecified atom stereocenters. The van der Waals surface area contributed by atoms with E-state index in [0.29, 0.717) is 32.4 Å². The predicted octanol–water partition coefficient (Wildman–Crippen LogP) is 4.08. The molecule has 156 valence electrons. The van der Waals surface area contributed by atoms with Crippen molar-refractivity contribution >= 4 is 11.7 Å². The Kier molecular flexibility index (Phi) is 6.39. The van der Waals surface area contributed by atoms with Gasteiger partial charge in [-0.3, -0.25) is 4.79 Å². The normalized spacial score (nSPS) is 16.5. The third-order valence-corrected chi connectivity index (χ3v) is 5.21. The molecule has 5 nitrogen and oxygen atoms in total. The van der Waals surface area contributed by atoms with Gasteiger partial charge in [0.2, 0.25) is 5.91 Å². The summed E-state index contributed by atoms with van der Waals surface area (Å²) in [6, 6.07) is 10.7. The number of aromatic nitrogens is 2. The summed E-state index contributed by atoms with van der Waals surface area (Å²) >= 11 is 0. The Morgan fingerprint density at radius 3 is 2.45 bits per heavy atom. The summed E-state index contributed by atoms with van der Waals surface area (Å²) in [4.78, 5) is 22.2. The highest BCUT2D eigenvalue weighted by Crippen LogP contribution is 2.30. The quantitative estimate of drug-likeness (QED) is 0.813. The van der Waals surface area contributed by atoms with Gasteiger partial charge in [-0.2, -0.15) is 13.2 Å². The Balaban J connectivity index is 1.61. The van der Waals surface area contributed by atoms with Crippen LogP contribution in [0.4, 0.5) is 19.0 Å². The van der Waals surface area contributed by atoms with E-state index >= 15 is 0 Å². The van der Waals surface area contributed by atoms with Crippen molar-refractivity contribution in [3.8, 4) is 0 Å². The summed E-state index contributed by atoms with van der Waals surface area (Å²) in [6.45, 7) is 4.50. The van der Waals surface area contributed by atoms with E-state index in [2.05, 4.69) is 15.3 Å². The zero-order valence-corrected chi connectivity index (χ0v) is 16.5. The van der Waals surface area contributed by atoms with E-state index in [9.17, 15) is 18.0 Å². The van der Waals surface area contributed by atoms with Crippen LogP contribution in [0.25, 0.3) is 0 Å². The van der Waals surface area contributed by atoms with Crippen molar-refractivity contribution in [2.75, 3.05) is 18.0 Å². The molecule has 1 aliphatic rings. The molecule has 0 radical (unpaired) electrons. The molecular weight excluding hydrogens is 381 g/mol. The summed E-state index contributed by atoms with van der Waals surface area (Å²) in [5.41, 5.74) is 0.0603. The fourth-order valence-electron chi connectivity index (χ4n) is 3.67. The number of piperidine rings is 1. The summed E-state index contributed by atoms with van der Waals surface area (Å²) in [5.74, 6) is 0.173. The van der Waals surface area contributed by atoms with Crippen LogP contribution in [0, 0.1) is 6.92 Å². The van der Waals surface area contributed by atoms with Crippen molar-refractivity contribution in [2.45, 2.75) is 51.2 Å². The zero-order valence-electron chi connectivity index (χ0n) is 16.5. The number of hydrogen-bond acceptors (Lipinski definition) is 4. The van der Waals surface area contributed by atoms with Crippen LogP contribution in [0.15, 0.2) is 36.4 Å². The minimum Gasteiger partial charge on any atom is -0.356 e. The Labute approximate surface area is 168 Å². The van der Waals surface area contributed by atoms with Crippen molar-refractivity contribution in [1.29, 1.82) is 0 Å². The number of carbonyl (C=O) groups is 1. The van der Waals surface area contributed by atoms with E-state index in [1.54, 1.807) is 0 Å². The molecule has 1 N–H and O–H groups in total. The molecule has 0 aliphatic carbocycles. The fraction of sp³-hybridized carbons (Fsp3) is 0.476. The Hall–Kier alpha value is -2.64. The molecule has 1 saturated heterocycles. The number of amides is 1. The molecule has 29 heavy (non-hydrogen) atoms. The third-order valence-electron chi connectivity index (χ3n) is 5.21. The number of aryl methyl sites for hydroxylation is 1. The molecule has 1 aliphatic heterocycles. The van der Waals surface area contributed by atoms with Crippen molar-refractivity contribution < 1.29 is 18.0 Å². The van der Waals surface area contributed by atoms with Gasteiger partial charge in [-0.1, -0.05) is 37.3 Å². The highest BCUT2D eigenvalue weighted by atomic mass is 19.4. The number of nitrogens with one attached hydrogen (secondary N) is 1. The standard InChI is InChI=1S/C21H25F3N4O/c1-3-17(15-7-5-4-6-8-15)20(29)27-16-9-11-28(12-10-16)19-13-18(21(22,23)24)25-14(2)26-19/h4-8,13,16-17H,3,9-12H2,1-2H3,(H,27,29). The lowest BCUT2D eigenvalue weighted by molar-refractivity contribution is -0.141. The first-order valence-corrected chi connectivity index (χ1v) is 9.81. The second-order valence-electron chi connectivity index (χ2n) is 7.30. The molecule has 0 saturated carbocycles. The highest BCUT2D eigenvalue weighted by molar-refractivity contribution is 5.83. The fourth-order valence-corrected chi connectivity index (χ4v) is 3.67. The first kappa shape index (κ1) is 21.1. The van der Waals surface area contributed by atoms with Gasteiger partial charge in [-0.15, -0.1) is 0 Å². The molecule has 8 heteroatoms. The number of carbonyl (C=O) groups excluding carboxylic acids is 1. The number of nitrogens with zero attached hydrogens (tertiary/aromatic N) is 3. The van der Waals surface area contributed by atoms with E-state index in [-0.39, 0.29) is 29.5 Å². The lowest BCUT2D eigenvalue weighted by Gasteiger charge is -2.34. The monoisotopic (exact) mass is 406 g/mol. The molecule has 3 rings (SSSR count). The second kappa shape index (κ2) is 8.80. The minimum atomic E-state index is -4.50. The van der Waals surface area contributed by atoms with E-state index in [4.69, 9.17) is 0 Å². The van der Waals surface area contributed by atoms with E-state index < -0.39 is 11.9 Å². The van der Waals surface area contributed by atoms with E-state index in [1.165, 1.54) is 6.92 Å². The maximum Gasteiger partial charge on any atom is 0.433 e. The maximum atomic E-state index is 13.0. The zero-order chi connectivity index (χ0) is 21.0. The van der Waals surface area contributed by atoms with Gasteiger partial charge in [0, 0.05) is 25.2 Å². The van der Waals surface area contributed by atoms with Crippen molar-refractivity contribution in [2.24, 2.45) is 0 Å². The van der Waals surface area contributed by atoms with Crippen molar-refractivity contribution in [3.63, 3.8) is 0 Å². The van der Waals surface area contributed by atoms with Crippen LogP contribution in [0.1, 0.15) is 49.2 Å². The first-order valence-electron chi connectivity index (χ1n) is 9.81. The van der Waals surface area contributed by atoms with Crippen molar-refractivity contribution in [3.05, 3.63) is 53.5 Å². The van der Waals surface area contributed by atoms with E-state index in [0.717, 1.165) is 11.6 Å². The number of halogens is 3. The predicted molar refractivity (Wildman–Crippen MR) is 105 cm³/mol. The molecule has 0 bridgehead atoms. The molecule has 1 aromatic heterocycles. The molecular formula is C21H25F3N4O. The van der Waals surface area contributed by atoms with Gasteiger partial charge in [0.25, 0.3) is 0 Å². The van der Waals surface area contributed by atoms with E-state index in [1.807, 2.05) is 42.2 Å². The van der Waals surface area contributed by atoms with Crippen LogP contribution in [0.2, 0.25) is 0 Å². The number of rotatable bonds is 5. The number of anilines is 1. The van der Waals surface area contributed by atoms with Crippen molar-refractivity contribution in [1.82, 2.24) is 15.3 Å². The average molecular weight is 406 g/mol. The third kappa shape index (κ3) is 5.25. The SMILES string of the molecule is CCC(C(=O)NC1CCN(c2cc(C(F)(F)F)nc(C)n2)CC1)c1ccccc1. The van der Waals surface area contributed by atoms with Crippen LogP contribution >= 0.6 is 0 Å². The number of hydrogen-bond donors (Lipinski definition) is 1. The summed E-state index contributed by atoms with van der Waals surface area (Å²) < 4.78 is 39.0. The van der Waals surface area contributed by atoms with Crippen LogP contribution in [0.3, 0.4) is 0 Å². The molecule has 2 aromatic rings. The summed E-state index contributed by atoms with van der Waals surface area (Å²) in [5, 5.41) is 3.11. The molecule has 2 heterocycles. The van der Waals surface area contributed by atoms with Gasteiger partial charge >= 0.3 is 6.18 Å². The smallest absolute Gasteiger partial charge is 0.356 e. The second-order valence-corrected chi connectivity index (χ2v) is 7.30. The van der Waals surface area contributed by atoms with Crippen LogP contribution in [-0.4, -0.2) is 35.0 Å². The molecule has 1 aromatic carbocycles. The van der Waals surface area contributed by atoms with Crippen LogP contribution in [0.5, 0.6) is 0 Å². The van der Waals surface area contributed by atoms with Crippen LogP contribution in [-0.2, 0) is 11.0 Å². The molecule has 1 fully saturated rings. The Bertz CT molecular complexity index is 834. The average Bonchev–Trinajstić information content (AvgIpc) is 2.69. The first-order chi connectivity index (χ1) is 13.8. The Morgan fingerprint density at radius 1 is 1.21 bits per heavy atom. The molecule has 1 atom stereocenters. The van der Waals surface area contributed by atoms with Gasteiger partial charge in [-0.25, -0.2) is 9.97 Å². The van der Waals surface area contributed by atoms with Gasteiger partial charge in [-0.05, 0) is 31.7 Å². The van der Waals surface area contributed by atoms with Gasteiger partial charge < -0.3 is 10.2 Å². The van der Waals surface area contributed by atoms with Gasteiger partial charge in [0.05, 0.1) is 5.92 Å². The lowest BCUT2D eigenvalue weighted by atomic mass is 9.94. The largest absolute Gasteiger partial charge is 0.433 e. The highest BCUT2D eigenvalue weighted by Gasteiger charge is 2.34. The van der Waals surface area contributed by atoms with Crippen LogP contribution < -0.4 is 10.2 Å². The topological polar surface area (TPSA) is 58.1 Å². The maximum absolute atomic E-state index is 13.0. The number of benzene rings is 1. The summed E-state index contributed by atoms with van der Waals surface area (Å²) in [7, 11) is 0.